The summed E-state index contributed by atoms with van der Waals surface area (Å²) < 4.78 is 10.6. The maximum absolute atomic E-state index is 13.2. The average molecular weight is 478 g/mol. The van der Waals surface area contributed by atoms with Crippen LogP contribution in [-0.4, -0.2) is 54.0 Å². The fourth-order valence-electron chi connectivity index (χ4n) is 3.20. The Morgan fingerprint density at radius 1 is 1.22 bits per heavy atom. The number of anilines is 1. The lowest BCUT2D eigenvalue weighted by molar-refractivity contribution is -0.120. The SMILES string of the molecule is COc1cc(C(=O)N2CSCC2C(=O)Nc2ccc(C)c(C)c2)cc(Cl)c1OCC(N)=O. The number of methoxy groups -OCH3 is 1. The Morgan fingerprint density at radius 2 is 1.97 bits per heavy atom. The van der Waals surface area contributed by atoms with E-state index in [2.05, 4.69) is 5.32 Å². The summed E-state index contributed by atoms with van der Waals surface area (Å²) in [4.78, 5) is 38.6. The van der Waals surface area contributed by atoms with E-state index >= 15 is 0 Å². The molecule has 2 aromatic rings. The predicted molar refractivity (Wildman–Crippen MR) is 125 cm³/mol. The molecule has 1 atom stereocenters. The van der Waals surface area contributed by atoms with Crippen molar-refractivity contribution in [1.82, 2.24) is 4.90 Å². The molecule has 0 saturated carbocycles. The third kappa shape index (κ3) is 5.28. The van der Waals surface area contributed by atoms with Gasteiger partial charge in [0, 0.05) is 17.0 Å². The lowest BCUT2D eigenvalue weighted by atomic mass is 10.1. The van der Waals surface area contributed by atoms with E-state index in [4.69, 9.17) is 26.8 Å². The molecule has 2 aromatic carbocycles. The van der Waals surface area contributed by atoms with Crippen molar-refractivity contribution in [2.45, 2.75) is 19.9 Å². The summed E-state index contributed by atoms with van der Waals surface area (Å²) in [5.74, 6) is -0.149. The smallest absolute Gasteiger partial charge is 0.255 e. The van der Waals surface area contributed by atoms with Gasteiger partial charge in [-0.1, -0.05) is 17.7 Å². The topological polar surface area (TPSA) is 111 Å². The van der Waals surface area contributed by atoms with Gasteiger partial charge in [0.2, 0.25) is 5.91 Å². The minimum Gasteiger partial charge on any atom is -0.493 e. The van der Waals surface area contributed by atoms with Crippen molar-refractivity contribution in [3.63, 3.8) is 0 Å². The fourth-order valence-corrected chi connectivity index (χ4v) is 4.62. The Bertz CT molecular complexity index is 1060. The van der Waals surface area contributed by atoms with Crippen molar-refractivity contribution in [1.29, 1.82) is 0 Å². The molecule has 0 radical (unpaired) electrons. The Hall–Kier alpha value is -2.91. The molecule has 1 saturated heterocycles. The van der Waals surface area contributed by atoms with Gasteiger partial charge in [-0.25, -0.2) is 0 Å². The molecular formula is C22H24ClN3O5S. The monoisotopic (exact) mass is 477 g/mol. The number of carbonyl (C=O) groups excluding carboxylic acids is 3. The first-order chi connectivity index (χ1) is 15.2. The number of ether oxygens (including phenoxy) is 2. The van der Waals surface area contributed by atoms with Crippen LogP contribution >= 0.6 is 23.4 Å². The highest BCUT2D eigenvalue weighted by Gasteiger charge is 2.35. The number of hydrogen-bond donors (Lipinski definition) is 2. The first-order valence-electron chi connectivity index (χ1n) is 9.76. The summed E-state index contributed by atoms with van der Waals surface area (Å²) in [6.07, 6.45) is 0. The van der Waals surface area contributed by atoms with E-state index in [0.29, 0.717) is 17.3 Å². The second kappa shape index (κ2) is 10.1. The van der Waals surface area contributed by atoms with Crippen LogP contribution in [0.2, 0.25) is 5.02 Å². The summed E-state index contributed by atoms with van der Waals surface area (Å²) in [7, 11) is 1.39. The van der Waals surface area contributed by atoms with Crippen LogP contribution in [0.3, 0.4) is 0 Å². The van der Waals surface area contributed by atoms with Gasteiger partial charge >= 0.3 is 0 Å². The zero-order chi connectivity index (χ0) is 23.4. The van der Waals surface area contributed by atoms with Gasteiger partial charge in [0.15, 0.2) is 18.1 Å². The molecule has 3 amide bonds. The number of aryl methyl sites for hydroxylation is 2. The van der Waals surface area contributed by atoms with Gasteiger partial charge in [0.1, 0.15) is 6.04 Å². The summed E-state index contributed by atoms with van der Waals surface area (Å²) in [5.41, 5.74) is 8.23. The zero-order valence-corrected chi connectivity index (χ0v) is 19.5. The highest BCUT2D eigenvalue weighted by Crippen LogP contribution is 2.37. The van der Waals surface area contributed by atoms with E-state index < -0.39 is 11.9 Å². The number of nitrogens with two attached hydrogens (primary N) is 1. The van der Waals surface area contributed by atoms with Gasteiger partial charge in [0.05, 0.1) is 18.0 Å². The van der Waals surface area contributed by atoms with Crippen molar-refractivity contribution in [2.24, 2.45) is 5.73 Å². The van der Waals surface area contributed by atoms with Crippen LogP contribution in [0.25, 0.3) is 0 Å². The zero-order valence-electron chi connectivity index (χ0n) is 17.9. The van der Waals surface area contributed by atoms with Crippen molar-refractivity contribution in [3.05, 3.63) is 52.0 Å². The van der Waals surface area contributed by atoms with E-state index in [-0.39, 0.29) is 40.5 Å². The summed E-state index contributed by atoms with van der Waals surface area (Å²) in [6.45, 7) is 3.59. The fraction of sp³-hybridized carbons (Fsp3) is 0.318. The maximum atomic E-state index is 13.2. The number of thioether (sulfide) groups is 1. The molecule has 8 nitrogen and oxygen atoms in total. The molecule has 1 unspecified atom stereocenters. The van der Waals surface area contributed by atoms with Crippen LogP contribution in [0, 0.1) is 13.8 Å². The summed E-state index contributed by atoms with van der Waals surface area (Å²) >= 11 is 7.76. The van der Waals surface area contributed by atoms with Gasteiger partial charge in [-0.3, -0.25) is 14.4 Å². The highest BCUT2D eigenvalue weighted by molar-refractivity contribution is 7.99. The normalized spacial score (nSPS) is 15.4. The van der Waals surface area contributed by atoms with Gasteiger partial charge in [0.25, 0.3) is 11.8 Å². The number of rotatable bonds is 7. The molecule has 3 N–H and O–H groups in total. The van der Waals surface area contributed by atoms with Crippen LogP contribution in [-0.2, 0) is 9.59 Å². The highest BCUT2D eigenvalue weighted by atomic mass is 35.5. The molecular weight excluding hydrogens is 454 g/mol. The number of benzene rings is 2. The lowest BCUT2D eigenvalue weighted by Gasteiger charge is -2.24. The molecule has 1 aliphatic heterocycles. The standard InChI is InChI=1S/C22H24ClN3O5S/c1-12-4-5-15(6-13(12)2)25-21(28)17-10-32-11-26(17)22(29)14-7-16(23)20(18(8-14)30-3)31-9-19(24)27/h4-8,17H,9-11H2,1-3H3,(H2,24,27)(H,25,28). The quantitative estimate of drug-likeness (QED) is 0.634. The molecule has 170 valence electrons. The van der Waals surface area contributed by atoms with Gasteiger partial charge in [-0.15, -0.1) is 11.8 Å². The van der Waals surface area contributed by atoms with E-state index in [9.17, 15) is 14.4 Å². The molecule has 1 aliphatic rings. The minimum absolute atomic E-state index is 0.0944. The Kier molecular flexibility index (Phi) is 7.52. The van der Waals surface area contributed by atoms with Gasteiger partial charge in [-0.05, 0) is 49.2 Å². The molecule has 1 heterocycles. The average Bonchev–Trinajstić information content (AvgIpc) is 3.24. The Labute approximate surface area is 195 Å². The first-order valence-corrected chi connectivity index (χ1v) is 11.3. The molecule has 0 aromatic heterocycles. The number of halogens is 1. The molecule has 3 rings (SSSR count). The van der Waals surface area contributed by atoms with Crippen LogP contribution < -0.4 is 20.5 Å². The maximum Gasteiger partial charge on any atom is 0.255 e. The van der Waals surface area contributed by atoms with Crippen molar-refractivity contribution in [3.8, 4) is 11.5 Å². The third-order valence-electron chi connectivity index (χ3n) is 5.06. The summed E-state index contributed by atoms with van der Waals surface area (Å²) in [5, 5.41) is 2.99. The van der Waals surface area contributed by atoms with Gasteiger partial charge < -0.3 is 25.4 Å². The third-order valence-corrected chi connectivity index (χ3v) is 6.35. The number of amides is 3. The summed E-state index contributed by atoms with van der Waals surface area (Å²) in [6, 6.07) is 7.93. The van der Waals surface area contributed by atoms with E-state index in [1.807, 2.05) is 32.0 Å². The van der Waals surface area contributed by atoms with Gasteiger partial charge in [-0.2, -0.15) is 0 Å². The minimum atomic E-state index is -0.671. The van der Waals surface area contributed by atoms with Crippen LogP contribution in [0.1, 0.15) is 21.5 Å². The largest absolute Gasteiger partial charge is 0.493 e. The lowest BCUT2D eigenvalue weighted by Crippen LogP contribution is -2.44. The molecule has 32 heavy (non-hydrogen) atoms. The van der Waals surface area contributed by atoms with Crippen molar-refractivity contribution < 1.29 is 23.9 Å². The number of nitrogens with zero attached hydrogens (tertiary/aromatic N) is 1. The van der Waals surface area contributed by atoms with Crippen LogP contribution in [0.15, 0.2) is 30.3 Å². The van der Waals surface area contributed by atoms with Crippen molar-refractivity contribution in [2.75, 3.05) is 30.7 Å². The second-order valence-corrected chi connectivity index (χ2v) is 8.73. The van der Waals surface area contributed by atoms with E-state index in [1.54, 1.807) is 0 Å². The number of nitrogens with one attached hydrogen (secondary N) is 1. The predicted octanol–water partition coefficient (Wildman–Crippen LogP) is 2.98. The molecule has 0 aliphatic carbocycles. The van der Waals surface area contributed by atoms with E-state index in [0.717, 1.165) is 11.1 Å². The van der Waals surface area contributed by atoms with E-state index in [1.165, 1.54) is 35.9 Å². The Morgan fingerprint density at radius 3 is 2.62 bits per heavy atom. The van der Waals surface area contributed by atoms with Crippen LogP contribution in [0.4, 0.5) is 5.69 Å². The number of carbonyl (C=O) groups is 3. The molecule has 0 spiro atoms. The Balaban J connectivity index is 1.79. The van der Waals surface area contributed by atoms with Crippen molar-refractivity contribution >= 4 is 46.8 Å². The second-order valence-electron chi connectivity index (χ2n) is 7.32. The van der Waals surface area contributed by atoms with Crippen LogP contribution in [0.5, 0.6) is 11.5 Å². The first kappa shape index (κ1) is 23.7. The number of primary amides is 1. The molecule has 0 bridgehead atoms. The number of hydrogen-bond acceptors (Lipinski definition) is 6. The molecule has 10 heteroatoms. The molecule has 1 fully saturated rings.